The SMILES string of the molecule is C=C[C@H](C#N)[C@@H](NS(=O)(=O)c1ccc(C)cc1)c1ccc(F)cc1. The molecule has 0 unspecified atom stereocenters. The van der Waals surface area contributed by atoms with Gasteiger partial charge in [-0.25, -0.2) is 17.5 Å². The zero-order valence-corrected chi connectivity index (χ0v) is 13.9. The number of hydrogen-bond donors (Lipinski definition) is 1. The van der Waals surface area contributed by atoms with Gasteiger partial charge in [-0.1, -0.05) is 35.9 Å². The van der Waals surface area contributed by atoms with Gasteiger partial charge >= 0.3 is 0 Å². The molecule has 0 amide bonds. The Morgan fingerprint density at radius 3 is 2.25 bits per heavy atom. The van der Waals surface area contributed by atoms with E-state index in [9.17, 15) is 18.1 Å². The summed E-state index contributed by atoms with van der Waals surface area (Å²) >= 11 is 0. The van der Waals surface area contributed by atoms with Crippen LogP contribution in [0.2, 0.25) is 0 Å². The van der Waals surface area contributed by atoms with Gasteiger partial charge in [-0.2, -0.15) is 5.26 Å². The average Bonchev–Trinajstić information content (AvgIpc) is 2.56. The summed E-state index contributed by atoms with van der Waals surface area (Å²) in [6.07, 6.45) is 1.37. The summed E-state index contributed by atoms with van der Waals surface area (Å²) in [5.74, 6) is -1.23. The van der Waals surface area contributed by atoms with Gasteiger partial charge in [0.2, 0.25) is 10.0 Å². The standard InChI is InChI=1S/C18H17FN2O2S/c1-3-14(12-20)18(15-6-8-16(19)9-7-15)21-24(22,23)17-10-4-13(2)5-11-17/h3-11,14,18,21H,1H2,2H3/t14-,18-/m1/s1. The van der Waals surface area contributed by atoms with Crippen LogP contribution < -0.4 is 4.72 Å². The van der Waals surface area contributed by atoms with Crippen LogP contribution in [-0.4, -0.2) is 8.42 Å². The maximum Gasteiger partial charge on any atom is 0.241 e. The molecule has 0 bridgehead atoms. The Morgan fingerprint density at radius 2 is 1.75 bits per heavy atom. The molecule has 124 valence electrons. The van der Waals surface area contributed by atoms with E-state index >= 15 is 0 Å². The fraction of sp³-hybridized carbons (Fsp3) is 0.167. The molecular weight excluding hydrogens is 327 g/mol. The number of sulfonamides is 1. The molecule has 0 aliphatic heterocycles. The second-order valence-corrected chi connectivity index (χ2v) is 7.07. The molecule has 0 saturated heterocycles. The third-order valence-corrected chi connectivity index (χ3v) is 5.06. The Labute approximate surface area is 141 Å². The maximum absolute atomic E-state index is 13.1. The van der Waals surface area contributed by atoms with Crippen LogP contribution in [0.15, 0.2) is 66.1 Å². The molecule has 0 radical (unpaired) electrons. The summed E-state index contributed by atoms with van der Waals surface area (Å²) in [7, 11) is -3.84. The van der Waals surface area contributed by atoms with Crippen LogP contribution in [0.5, 0.6) is 0 Å². The molecule has 2 aromatic carbocycles. The first kappa shape index (κ1) is 17.9. The molecule has 0 heterocycles. The number of nitrogens with zero attached hydrogens (tertiary/aromatic N) is 1. The molecule has 2 atom stereocenters. The van der Waals surface area contributed by atoms with E-state index in [2.05, 4.69) is 11.3 Å². The van der Waals surface area contributed by atoms with Crippen LogP contribution in [0.25, 0.3) is 0 Å². The van der Waals surface area contributed by atoms with Crippen LogP contribution in [0, 0.1) is 30.0 Å². The van der Waals surface area contributed by atoms with Crippen molar-refractivity contribution in [3.8, 4) is 6.07 Å². The van der Waals surface area contributed by atoms with Gasteiger partial charge in [0.25, 0.3) is 0 Å². The summed E-state index contributed by atoms with van der Waals surface area (Å²) < 4.78 is 40.9. The molecule has 2 aromatic rings. The van der Waals surface area contributed by atoms with E-state index in [0.717, 1.165) is 5.56 Å². The molecule has 0 saturated carbocycles. The van der Waals surface area contributed by atoms with E-state index in [0.29, 0.717) is 5.56 Å². The quantitative estimate of drug-likeness (QED) is 0.816. The number of aryl methyl sites for hydroxylation is 1. The minimum absolute atomic E-state index is 0.0981. The summed E-state index contributed by atoms with van der Waals surface area (Å²) in [5, 5.41) is 9.29. The second-order valence-electron chi connectivity index (χ2n) is 5.35. The lowest BCUT2D eigenvalue weighted by molar-refractivity contribution is 0.527. The third-order valence-electron chi connectivity index (χ3n) is 3.60. The molecular formula is C18H17FN2O2S. The fourth-order valence-corrected chi connectivity index (χ4v) is 3.48. The Kier molecular flexibility index (Phi) is 5.50. The van der Waals surface area contributed by atoms with Crippen molar-refractivity contribution in [2.75, 3.05) is 0 Å². The van der Waals surface area contributed by atoms with Crippen molar-refractivity contribution in [3.63, 3.8) is 0 Å². The predicted molar refractivity (Wildman–Crippen MR) is 89.9 cm³/mol. The molecule has 0 fully saturated rings. The molecule has 24 heavy (non-hydrogen) atoms. The largest absolute Gasteiger partial charge is 0.241 e. The Bertz CT molecular complexity index is 853. The third kappa shape index (κ3) is 4.07. The lowest BCUT2D eigenvalue weighted by Crippen LogP contribution is -2.32. The molecule has 0 aromatic heterocycles. The van der Waals surface area contributed by atoms with Gasteiger partial charge in [-0.15, -0.1) is 6.58 Å². The zero-order chi connectivity index (χ0) is 17.7. The monoisotopic (exact) mass is 344 g/mol. The van der Waals surface area contributed by atoms with Crippen LogP contribution in [0.4, 0.5) is 4.39 Å². The fourth-order valence-electron chi connectivity index (χ4n) is 2.23. The molecule has 0 spiro atoms. The number of nitrogens with one attached hydrogen (secondary N) is 1. The maximum atomic E-state index is 13.1. The highest BCUT2D eigenvalue weighted by atomic mass is 32.2. The molecule has 0 aliphatic rings. The Hall–Kier alpha value is -2.49. The lowest BCUT2D eigenvalue weighted by atomic mass is 9.95. The van der Waals surface area contributed by atoms with E-state index in [1.807, 2.05) is 13.0 Å². The normalized spacial score (nSPS) is 13.7. The number of benzene rings is 2. The summed E-state index contributed by atoms with van der Waals surface area (Å²) in [5.41, 5.74) is 1.42. The highest BCUT2D eigenvalue weighted by Crippen LogP contribution is 2.25. The molecule has 2 rings (SSSR count). The highest BCUT2D eigenvalue weighted by Gasteiger charge is 2.27. The van der Waals surface area contributed by atoms with E-state index in [1.54, 1.807) is 12.1 Å². The summed E-state index contributed by atoms with van der Waals surface area (Å²) in [4.78, 5) is 0.0981. The number of halogens is 1. The van der Waals surface area contributed by atoms with Crippen LogP contribution in [0.3, 0.4) is 0 Å². The highest BCUT2D eigenvalue weighted by molar-refractivity contribution is 7.89. The van der Waals surface area contributed by atoms with Crippen LogP contribution in [-0.2, 0) is 10.0 Å². The van der Waals surface area contributed by atoms with Crippen molar-refractivity contribution in [3.05, 3.63) is 78.1 Å². The average molecular weight is 344 g/mol. The minimum atomic E-state index is -3.84. The Balaban J connectivity index is 2.41. The van der Waals surface area contributed by atoms with Gasteiger partial charge in [0, 0.05) is 0 Å². The molecule has 0 aliphatic carbocycles. The van der Waals surface area contributed by atoms with Crippen LogP contribution in [0.1, 0.15) is 17.2 Å². The van der Waals surface area contributed by atoms with Crippen molar-refractivity contribution in [2.24, 2.45) is 5.92 Å². The van der Waals surface area contributed by atoms with Gasteiger partial charge in [-0.3, -0.25) is 0 Å². The van der Waals surface area contributed by atoms with E-state index in [4.69, 9.17) is 0 Å². The smallest absolute Gasteiger partial charge is 0.207 e. The molecule has 1 N–H and O–H groups in total. The number of rotatable bonds is 6. The topological polar surface area (TPSA) is 70.0 Å². The molecule has 6 heteroatoms. The van der Waals surface area contributed by atoms with Crippen molar-refractivity contribution in [1.29, 1.82) is 5.26 Å². The Morgan fingerprint density at radius 1 is 1.17 bits per heavy atom. The zero-order valence-electron chi connectivity index (χ0n) is 13.1. The lowest BCUT2D eigenvalue weighted by Gasteiger charge is -2.21. The first-order valence-electron chi connectivity index (χ1n) is 7.24. The molecule has 4 nitrogen and oxygen atoms in total. The first-order chi connectivity index (χ1) is 11.4. The van der Waals surface area contributed by atoms with Gasteiger partial charge in [0.15, 0.2) is 0 Å². The predicted octanol–water partition coefficient (Wildman–Crippen LogP) is 3.48. The second kappa shape index (κ2) is 7.39. The van der Waals surface area contributed by atoms with Crippen molar-refractivity contribution in [1.82, 2.24) is 4.72 Å². The van der Waals surface area contributed by atoms with E-state index in [-0.39, 0.29) is 4.90 Å². The van der Waals surface area contributed by atoms with Crippen LogP contribution >= 0.6 is 0 Å². The van der Waals surface area contributed by atoms with Gasteiger partial charge in [0.05, 0.1) is 22.9 Å². The van der Waals surface area contributed by atoms with Crippen molar-refractivity contribution < 1.29 is 12.8 Å². The first-order valence-corrected chi connectivity index (χ1v) is 8.72. The van der Waals surface area contributed by atoms with Crippen molar-refractivity contribution >= 4 is 10.0 Å². The van der Waals surface area contributed by atoms with Gasteiger partial charge in [0.1, 0.15) is 5.82 Å². The summed E-state index contributed by atoms with van der Waals surface area (Å²) in [6, 6.07) is 12.9. The minimum Gasteiger partial charge on any atom is -0.207 e. The van der Waals surface area contributed by atoms with Gasteiger partial charge < -0.3 is 0 Å². The van der Waals surface area contributed by atoms with Crippen molar-refractivity contribution in [2.45, 2.75) is 17.9 Å². The van der Waals surface area contributed by atoms with Gasteiger partial charge in [-0.05, 0) is 36.8 Å². The van der Waals surface area contributed by atoms with E-state index in [1.165, 1.54) is 42.5 Å². The number of hydrogen-bond acceptors (Lipinski definition) is 3. The van der Waals surface area contributed by atoms with E-state index < -0.39 is 27.8 Å². The number of nitriles is 1. The summed E-state index contributed by atoms with van der Waals surface area (Å²) in [6.45, 7) is 5.43.